The number of alkyl halides is 6. The number of halogens is 7. The van der Waals surface area contributed by atoms with Crippen molar-refractivity contribution in [1.29, 1.82) is 0 Å². The first-order valence-corrected chi connectivity index (χ1v) is 11.3. The number of nitrogens with zero attached hydrogens (tertiary/aromatic N) is 2. The molecule has 4 rings (SSSR count). The normalized spacial score (nSPS) is 21.5. The minimum Gasteiger partial charge on any atom is -0.475 e. The van der Waals surface area contributed by atoms with Crippen molar-refractivity contribution in [1.82, 2.24) is 9.88 Å². The number of pyridine rings is 1. The molecule has 0 aromatic carbocycles. The monoisotopic (exact) mass is 562 g/mol. The summed E-state index contributed by atoms with van der Waals surface area (Å²) in [5.74, 6) is -5.86. The van der Waals surface area contributed by atoms with Crippen molar-refractivity contribution in [2.45, 2.75) is 43.4 Å². The summed E-state index contributed by atoms with van der Waals surface area (Å²) in [6.45, 7) is 3.41. The summed E-state index contributed by atoms with van der Waals surface area (Å²) in [5, 5.41) is 18.6. The summed E-state index contributed by atoms with van der Waals surface area (Å²) >= 11 is 1.73. The smallest absolute Gasteiger partial charge is 0.475 e. The van der Waals surface area contributed by atoms with Gasteiger partial charge in [-0.05, 0) is 40.9 Å². The number of carbonyl (C=O) groups is 2. The second kappa shape index (κ2) is 12.5. The van der Waals surface area contributed by atoms with Gasteiger partial charge in [-0.25, -0.2) is 19.0 Å². The van der Waals surface area contributed by atoms with Crippen molar-refractivity contribution < 1.29 is 60.0 Å². The highest BCUT2D eigenvalue weighted by molar-refractivity contribution is 7.07. The van der Waals surface area contributed by atoms with Gasteiger partial charge in [0.1, 0.15) is 6.10 Å². The molecule has 2 aliphatic rings. The number of carboxylic acids is 2. The molecule has 0 aliphatic carbocycles. The number of aliphatic carboxylic acids is 2. The molecule has 2 N–H and O–H groups in total. The van der Waals surface area contributed by atoms with Crippen molar-refractivity contribution in [3.05, 3.63) is 46.5 Å². The van der Waals surface area contributed by atoms with Gasteiger partial charge in [0, 0.05) is 32.3 Å². The van der Waals surface area contributed by atoms with E-state index in [0.717, 1.165) is 32.5 Å². The first kappa shape index (κ1) is 30.2. The third-order valence-electron chi connectivity index (χ3n) is 5.04. The Kier molecular flexibility index (Phi) is 10.2. The maximum Gasteiger partial charge on any atom is 0.490 e. The number of likely N-dealkylation sites (tertiary alicyclic amines) is 1. The van der Waals surface area contributed by atoms with Gasteiger partial charge in [-0.2, -0.15) is 37.7 Å². The predicted octanol–water partition coefficient (Wildman–Crippen LogP) is 4.36. The molecule has 0 unspecified atom stereocenters. The number of rotatable bonds is 4. The minimum absolute atomic E-state index is 0.0753. The topological polar surface area (TPSA) is 109 Å². The van der Waals surface area contributed by atoms with Gasteiger partial charge in [0.25, 0.3) is 5.88 Å². The van der Waals surface area contributed by atoms with Crippen LogP contribution in [0, 0.1) is 5.82 Å². The lowest BCUT2D eigenvalue weighted by Crippen LogP contribution is -2.33. The van der Waals surface area contributed by atoms with E-state index >= 15 is 0 Å². The zero-order valence-corrected chi connectivity index (χ0v) is 19.6. The summed E-state index contributed by atoms with van der Waals surface area (Å²) in [6.07, 6.45) is -6.95. The molecule has 2 saturated heterocycles. The molecule has 0 amide bonds. The summed E-state index contributed by atoms with van der Waals surface area (Å²) < 4.78 is 88.9. The van der Waals surface area contributed by atoms with Crippen LogP contribution in [0.15, 0.2) is 35.2 Å². The summed E-state index contributed by atoms with van der Waals surface area (Å²) in [5.41, 5.74) is 1.21. The molecule has 8 nitrogen and oxygen atoms in total. The molecule has 0 saturated carbocycles. The molecule has 16 heteroatoms. The summed E-state index contributed by atoms with van der Waals surface area (Å²) in [4.78, 5) is 24.2. The summed E-state index contributed by atoms with van der Waals surface area (Å²) in [7, 11) is 0. The maximum atomic E-state index is 13.6. The van der Waals surface area contributed by atoms with Crippen LogP contribution in [0.4, 0.5) is 30.7 Å². The Hall–Kier alpha value is -2.98. The Morgan fingerprint density at radius 1 is 1.16 bits per heavy atom. The van der Waals surface area contributed by atoms with Gasteiger partial charge in [0.15, 0.2) is 5.82 Å². The number of hydrogen-bond acceptors (Lipinski definition) is 7. The van der Waals surface area contributed by atoms with Gasteiger partial charge in [-0.1, -0.05) is 0 Å². The number of thiophene rings is 1. The van der Waals surface area contributed by atoms with E-state index in [9.17, 15) is 30.7 Å². The molecule has 37 heavy (non-hydrogen) atoms. The molecule has 2 aromatic heterocycles. The zero-order chi connectivity index (χ0) is 27.9. The van der Waals surface area contributed by atoms with Crippen molar-refractivity contribution in [3.8, 4) is 5.88 Å². The van der Waals surface area contributed by atoms with E-state index in [2.05, 4.69) is 26.7 Å². The van der Waals surface area contributed by atoms with Crippen LogP contribution in [0.5, 0.6) is 5.88 Å². The molecule has 2 aromatic rings. The van der Waals surface area contributed by atoms with Gasteiger partial charge in [-0.15, -0.1) is 0 Å². The second-order valence-corrected chi connectivity index (χ2v) is 8.71. The van der Waals surface area contributed by atoms with E-state index in [1.807, 2.05) is 0 Å². The lowest BCUT2D eigenvalue weighted by molar-refractivity contribution is -0.193. The molecule has 2 atom stereocenters. The van der Waals surface area contributed by atoms with Crippen molar-refractivity contribution in [2.75, 3.05) is 19.7 Å². The van der Waals surface area contributed by atoms with E-state index < -0.39 is 30.1 Å². The van der Waals surface area contributed by atoms with E-state index in [0.29, 0.717) is 6.61 Å². The van der Waals surface area contributed by atoms with Crippen LogP contribution >= 0.6 is 11.3 Å². The lowest BCUT2D eigenvalue weighted by Gasteiger charge is -2.23. The predicted molar refractivity (Wildman–Crippen MR) is 114 cm³/mol. The third-order valence-corrected chi connectivity index (χ3v) is 5.78. The molecular weight excluding hydrogens is 541 g/mol. The molecule has 4 heterocycles. The first-order valence-electron chi connectivity index (χ1n) is 10.4. The Bertz CT molecular complexity index is 1010. The van der Waals surface area contributed by atoms with Crippen molar-refractivity contribution in [2.24, 2.45) is 0 Å². The van der Waals surface area contributed by atoms with Gasteiger partial charge in [0.05, 0.1) is 12.2 Å². The van der Waals surface area contributed by atoms with E-state index in [-0.39, 0.29) is 17.6 Å². The van der Waals surface area contributed by atoms with Gasteiger partial charge in [0.2, 0.25) is 0 Å². The fourth-order valence-electron chi connectivity index (χ4n) is 3.48. The van der Waals surface area contributed by atoms with Crippen LogP contribution in [-0.4, -0.2) is 75.8 Å². The molecule has 206 valence electrons. The van der Waals surface area contributed by atoms with E-state index in [4.69, 9.17) is 29.3 Å². The van der Waals surface area contributed by atoms with E-state index in [1.165, 1.54) is 11.6 Å². The Labute approximate surface area is 209 Å². The van der Waals surface area contributed by atoms with Crippen LogP contribution < -0.4 is 4.74 Å². The van der Waals surface area contributed by atoms with E-state index in [1.54, 1.807) is 23.6 Å². The first-order chi connectivity index (χ1) is 17.1. The Morgan fingerprint density at radius 2 is 1.78 bits per heavy atom. The lowest BCUT2D eigenvalue weighted by atomic mass is 9.98. The highest BCUT2D eigenvalue weighted by atomic mass is 32.1. The number of hydrogen-bond donors (Lipinski definition) is 2. The van der Waals surface area contributed by atoms with Crippen molar-refractivity contribution in [3.63, 3.8) is 0 Å². The van der Waals surface area contributed by atoms with Crippen LogP contribution in [0.2, 0.25) is 0 Å². The molecule has 2 aliphatic heterocycles. The van der Waals surface area contributed by atoms with Crippen LogP contribution in [-0.2, 0) is 20.9 Å². The standard InChI is InChI=1S/C17H19FN2O2S.2C2HF3O2/c18-15-2-1-5-19-16(15)22-14-8-17(21-10-14)4-6-20(12-17)9-13-3-7-23-11-13;2*3-2(4,5)1(6)7/h1-3,5,7,11,14H,4,6,8-10,12H2;2*(H,6,7)/t14-,17-;;/m0../s1. The molecule has 0 radical (unpaired) electrons. The minimum atomic E-state index is -5.08. The molecule has 0 bridgehead atoms. The maximum absolute atomic E-state index is 13.6. The average Bonchev–Trinajstić information content (AvgIpc) is 3.53. The Morgan fingerprint density at radius 3 is 2.30 bits per heavy atom. The highest BCUT2D eigenvalue weighted by Crippen LogP contribution is 2.37. The third kappa shape index (κ3) is 9.77. The molecule has 2 fully saturated rings. The van der Waals surface area contributed by atoms with Gasteiger partial charge < -0.3 is 19.7 Å². The average molecular weight is 562 g/mol. The van der Waals surface area contributed by atoms with Crippen LogP contribution in [0.3, 0.4) is 0 Å². The largest absolute Gasteiger partial charge is 0.490 e. The fourth-order valence-corrected chi connectivity index (χ4v) is 4.14. The molecule has 1 spiro atoms. The fraction of sp³-hybridized carbons (Fsp3) is 0.476. The quantitative estimate of drug-likeness (QED) is 0.530. The number of aromatic nitrogens is 1. The van der Waals surface area contributed by atoms with Gasteiger partial charge in [-0.3, -0.25) is 4.90 Å². The number of carboxylic acid groups (broad SMARTS) is 2. The molecular formula is C21H21F7N2O6S. The summed E-state index contributed by atoms with van der Waals surface area (Å²) in [6, 6.07) is 5.10. The highest BCUT2D eigenvalue weighted by Gasteiger charge is 2.46. The van der Waals surface area contributed by atoms with Crippen LogP contribution in [0.1, 0.15) is 18.4 Å². The van der Waals surface area contributed by atoms with Gasteiger partial charge >= 0.3 is 24.3 Å². The SMILES string of the molecule is Fc1cccnc1O[C@@H]1CO[C@@]2(CCN(Cc3ccsc3)C2)C1.O=C(O)C(F)(F)F.O=C(O)C(F)(F)F. The van der Waals surface area contributed by atoms with Crippen molar-refractivity contribution >= 4 is 23.3 Å². The zero-order valence-electron chi connectivity index (χ0n) is 18.8. The second-order valence-electron chi connectivity index (χ2n) is 7.93. The number of ether oxygens (including phenoxy) is 2. The Balaban J connectivity index is 0.000000286. The van der Waals surface area contributed by atoms with Crippen LogP contribution in [0.25, 0.3) is 0 Å².